The molecule has 8 atom stereocenters. The molecule has 1 saturated heterocycles. The molecule has 0 unspecified atom stereocenters. The first-order valence-electron chi connectivity index (χ1n) is 14.9. The molecule has 0 amide bonds. The highest BCUT2D eigenvalue weighted by molar-refractivity contribution is 7.80. The SMILES string of the molecule is COC(=O)[C@H]1[C@H](c2ccccc2)[C@@]2(c3ccc(OC)cc3)Oc3cc(O[C@@H]4O[C@@H](CCS)CO[C@@H]4OC)cc(OC)c3[C@]2(O)[C@H]1O. The van der Waals surface area contributed by atoms with Crippen molar-refractivity contribution in [1.29, 1.82) is 0 Å². The fourth-order valence-electron chi connectivity index (χ4n) is 7.12. The minimum atomic E-state index is -2.20. The Balaban J connectivity index is 1.53. The van der Waals surface area contributed by atoms with E-state index in [9.17, 15) is 15.0 Å². The largest absolute Gasteiger partial charge is 0.497 e. The number of ether oxygens (including phenoxy) is 8. The minimum Gasteiger partial charge on any atom is -0.497 e. The van der Waals surface area contributed by atoms with Crippen molar-refractivity contribution >= 4 is 18.6 Å². The van der Waals surface area contributed by atoms with Crippen LogP contribution >= 0.6 is 12.6 Å². The Hall–Kier alpha value is -3.52. The number of rotatable bonds is 10. The van der Waals surface area contributed by atoms with Crippen LogP contribution in [0.15, 0.2) is 66.7 Å². The van der Waals surface area contributed by atoms with Gasteiger partial charge < -0.3 is 48.1 Å². The quantitative estimate of drug-likeness (QED) is 0.219. The van der Waals surface area contributed by atoms with Crippen LogP contribution in [0.4, 0.5) is 0 Å². The van der Waals surface area contributed by atoms with Crippen LogP contribution in [0.1, 0.15) is 29.0 Å². The second-order valence-corrected chi connectivity index (χ2v) is 11.9. The molecule has 2 N–H and O–H groups in total. The van der Waals surface area contributed by atoms with Gasteiger partial charge in [-0.05, 0) is 35.4 Å². The molecule has 0 aromatic heterocycles. The number of carbonyl (C=O) groups excluding carboxylic acids is 1. The molecular weight excluding hydrogens is 616 g/mol. The number of aliphatic hydroxyl groups excluding tert-OH is 1. The van der Waals surface area contributed by atoms with Gasteiger partial charge in [0.05, 0.1) is 45.5 Å². The molecule has 0 spiro atoms. The molecule has 46 heavy (non-hydrogen) atoms. The lowest BCUT2D eigenvalue weighted by atomic mass is 9.70. The zero-order valence-corrected chi connectivity index (χ0v) is 26.8. The highest BCUT2D eigenvalue weighted by Gasteiger charge is 2.78. The van der Waals surface area contributed by atoms with E-state index in [1.54, 1.807) is 43.5 Å². The van der Waals surface area contributed by atoms with E-state index < -0.39 is 47.7 Å². The van der Waals surface area contributed by atoms with E-state index >= 15 is 0 Å². The number of hydrogen-bond donors (Lipinski definition) is 3. The molecule has 11 nitrogen and oxygen atoms in total. The number of benzene rings is 3. The first-order valence-corrected chi connectivity index (χ1v) is 15.6. The summed E-state index contributed by atoms with van der Waals surface area (Å²) in [5.41, 5.74) is -2.62. The highest BCUT2D eigenvalue weighted by atomic mass is 32.1. The fraction of sp³-hybridized carbons (Fsp3) is 0.441. The van der Waals surface area contributed by atoms with Gasteiger partial charge in [-0.25, -0.2) is 0 Å². The molecule has 6 rings (SSSR count). The monoisotopic (exact) mass is 654 g/mol. The van der Waals surface area contributed by atoms with Gasteiger partial charge in [-0.15, -0.1) is 0 Å². The lowest BCUT2D eigenvalue weighted by Gasteiger charge is -2.40. The normalized spacial score (nSPS) is 31.4. The standard InChI is InChI=1S/C34H38O11S/c1-38-21-12-10-20(11-13-21)34-27(19-8-6-5-7-9-19)26(30(36)40-3)29(35)33(34,37)28-24(39-2)16-23(17-25(28)45-34)44-32-31(41-4)42-18-22(43-32)14-15-46/h5-13,16-17,22,26-27,29,31-32,35,37,46H,14-15,18H2,1-4H3/t22-,26-,27-,29-,31-,32-,33-,34+/m0/s1. The summed E-state index contributed by atoms with van der Waals surface area (Å²) in [7, 11) is 5.73. The van der Waals surface area contributed by atoms with Crippen LogP contribution < -0.4 is 18.9 Å². The van der Waals surface area contributed by atoms with Crippen LogP contribution in [0.25, 0.3) is 0 Å². The topological polar surface area (TPSA) is 131 Å². The molecule has 2 heterocycles. The Bertz CT molecular complexity index is 1540. The molecule has 0 radical (unpaired) electrons. The van der Waals surface area contributed by atoms with Gasteiger partial charge >= 0.3 is 5.97 Å². The van der Waals surface area contributed by atoms with Crippen molar-refractivity contribution in [1.82, 2.24) is 0 Å². The van der Waals surface area contributed by atoms with Crippen molar-refractivity contribution in [2.24, 2.45) is 5.92 Å². The molecule has 1 saturated carbocycles. The summed E-state index contributed by atoms with van der Waals surface area (Å²) in [6.07, 6.45) is -3.03. The maximum Gasteiger partial charge on any atom is 0.312 e. The molecule has 12 heteroatoms. The number of esters is 1. The van der Waals surface area contributed by atoms with Crippen LogP contribution in [0.2, 0.25) is 0 Å². The average molecular weight is 655 g/mol. The second kappa shape index (κ2) is 12.9. The number of hydrogen-bond acceptors (Lipinski definition) is 12. The van der Waals surface area contributed by atoms with Crippen molar-refractivity contribution in [2.75, 3.05) is 40.8 Å². The van der Waals surface area contributed by atoms with Gasteiger partial charge in [0.25, 0.3) is 6.29 Å². The third kappa shape index (κ3) is 4.99. The lowest BCUT2D eigenvalue weighted by molar-refractivity contribution is -0.312. The van der Waals surface area contributed by atoms with Crippen molar-refractivity contribution in [3.63, 3.8) is 0 Å². The number of aliphatic hydroxyl groups is 2. The molecular formula is C34H38O11S. The molecule has 2 fully saturated rings. The molecule has 3 aromatic rings. The van der Waals surface area contributed by atoms with E-state index in [1.165, 1.54) is 21.3 Å². The Morgan fingerprint density at radius 1 is 0.978 bits per heavy atom. The van der Waals surface area contributed by atoms with E-state index in [0.717, 1.165) is 0 Å². The van der Waals surface area contributed by atoms with E-state index in [4.69, 9.17) is 37.9 Å². The maximum atomic E-state index is 13.5. The summed E-state index contributed by atoms with van der Waals surface area (Å²) in [6.45, 7) is 0.326. The number of fused-ring (bicyclic) bond motifs is 3. The van der Waals surface area contributed by atoms with Crippen molar-refractivity contribution < 1.29 is 52.9 Å². The maximum absolute atomic E-state index is 13.5. The predicted octanol–water partition coefficient (Wildman–Crippen LogP) is 3.54. The number of carbonyl (C=O) groups is 1. The van der Waals surface area contributed by atoms with E-state index in [1.807, 2.05) is 30.3 Å². The zero-order valence-electron chi connectivity index (χ0n) is 26.0. The summed E-state index contributed by atoms with van der Waals surface area (Å²) in [4.78, 5) is 13.5. The molecule has 3 aromatic carbocycles. The number of methoxy groups -OCH3 is 4. The fourth-order valence-corrected chi connectivity index (χ4v) is 7.41. The summed E-state index contributed by atoms with van der Waals surface area (Å²) in [6, 6.07) is 19.3. The summed E-state index contributed by atoms with van der Waals surface area (Å²) < 4.78 is 47.0. The third-order valence-electron chi connectivity index (χ3n) is 9.12. The number of thiol groups is 1. The molecule has 3 aliphatic rings. The van der Waals surface area contributed by atoms with E-state index in [-0.39, 0.29) is 28.9 Å². The smallest absolute Gasteiger partial charge is 0.312 e. The lowest BCUT2D eigenvalue weighted by Crippen LogP contribution is -2.52. The van der Waals surface area contributed by atoms with Crippen LogP contribution in [-0.2, 0) is 34.9 Å². The Morgan fingerprint density at radius 2 is 1.72 bits per heavy atom. The Kier molecular flexibility index (Phi) is 9.12. The van der Waals surface area contributed by atoms with Crippen LogP contribution in [0, 0.1) is 5.92 Å². The highest BCUT2D eigenvalue weighted by Crippen LogP contribution is 2.70. The Morgan fingerprint density at radius 3 is 2.35 bits per heavy atom. The zero-order chi connectivity index (χ0) is 32.6. The third-order valence-corrected chi connectivity index (χ3v) is 9.38. The average Bonchev–Trinajstić information content (AvgIpc) is 3.46. The summed E-state index contributed by atoms with van der Waals surface area (Å²) >= 11 is 4.31. The molecule has 246 valence electrons. The first-order chi connectivity index (χ1) is 22.3. The minimum absolute atomic E-state index is 0.162. The molecule has 1 aliphatic carbocycles. The van der Waals surface area contributed by atoms with Gasteiger partial charge in [-0.2, -0.15) is 12.6 Å². The molecule has 0 bridgehead atoms. The summed E-state index contributed by atoms with van der Waals surface area (Å²) in [5.74, 6) is -1.02. The Labute approximate surface area is 272 Å². The second-order valence-electron chi connectivity index (χ2n) is 11.4. The molecule has 2 aliphatic heterocycles. The van der Waals surface area contributed by atoms with E-state index in [0.29, 0.717) is 35.7 Å². The van der Waals surface area contributed by atoms with Gasteiger partial charge in [-0.3, -0.25) is 4.79 Å². The van der Waals surface area contributed by atoms with Crippen LogP contribution in [0.5, 0.6) is 23.0 Å². The van der Waals surface area contributed by atoms with Crippen molar-refractivity contribution in [2.45, 2.75) is 48.3 Å². The van der Waals surface area contributed by atoms with Crippen LogP contribution in [-0.4, -0.2) is 81.8 Å². The van der Waals surface area contributed by atoms with Gasteiger partial charge in [0.1, 0.15) is 29.1 Å². The first kappa shape index (κ1) is 32.4. The van der Waals surface area contributed by atoms with Gasteiger partial charge in [0.2, 0.25) is 6.29 Å². The van der Waals surface area contributed by atoms with Crippen LogP contribution in [0.3, 0.4) is 0 Å². The van der Waals surface area contributed by atoms with Gasteiger partial charge in [0.15, 0.2) is 11.2 Å². The summed E-state index contributed by atoms with van der Waals surface area (Å²) in [5, 5.41) is 25.1. The van der Waals surface area contributed by atoms with Gasteiger partial charge in [-0.1, -0.05) is 42.5 Å². The van der Waals surface area contributed by atoms with E-state index in [2.05, 4.69) is 12.6 Å². The predicted molar refractivity (Wildman–Crippen MR) is 167 cm³/mol. The van der Waals surface area contributed by atoms with Crippen molar-refractivity contribution in [3.05, 3.63) is 83.4 Å². The van der Waals surface area contributed by atoms with Gasteiger partial charge in [0, 0.05) is 25.2 Å². The van der Waals surface area contributed by atoms with Crippen molar-refractivity contribution in [3.8, 4) is 23.0 Å².